The van der Waals surface area contributed by atoms with Crippen molar-refractivity contribution in [1.29, 1.82) is 0 Å². The molecule has 3 fully saturated rings. The molecule has 5 heteroatoms. The Morgan fingerprint density at radius 3 is 2.36 bits per heavy atom. The van der Waals surface area contributed by atoms with Crippen molar-refractivity contribution in [3.05, 3.63) is 35.9 Å². The van der Waals surface area contributed by atoms with Crippen LogP contribution in [0.4, 0.5) is 0 Å². The number of nitrogens with zero attached hydrogens (tertiary/aromatic N) is 2. The maximum absolute atomic E-state index is 13.6. The number of piperazine rings is 1. The number of unbranched alkanes of at least 4 members (excludes halogenated alkanes) is 2. The van der Waals surface area contributed by atoms with Gasteiger partial charge in [0.2, 0.25) is 11.8 Å². The number of likely N-dealkylation sites (tertiary alicyclic amines) is 1. The third kappa shape index (κ3) is 5.62. The van der Waals surface area contributed by atoms with Crippen molar-refractivity contribution in [1.82, 2.24) is 15.1 Å². The Morgan fingerprint density at radius 2 is 1.70 bits per heavy atom. The molecule has 1 atom stereocenters. The molecule has 0 radical (unpaired) electrons. The summed E-state index contributed by atoms with van der Waals surface area (Å²) in [6.45, 7) is 7.18. The van der Waals surface area contributed by atoms with Crippen LogP contribution < -0.4 is 5.32 Å². The average Bonchev–Trinajstić information content (AvgIpc) is 3.33. The molecular weight excluding hydrogens is 410 g/mol. The molecule has 1 aromatic carbocycles. The largest absolute Gasteiger partial charge is 0.342 e. The number of benzene rings is 1. The zero-order valence-corrected chi connectivity index (χ0v) is 20.7. The molecule has 2 aliphatic heterocycles. The summed E-state index contributed by atoms with van der Waals surface area (Å²) in [5.74, 6) is 0.689. The van der Waals surface area contributed by atoms with Gasteiger partial charge in [-0.1, -0.05) is 63.4 Å². The Hall–Kier alpha value is -1.88. The van der Waals surface area contributed by atoms with Crippen molar-refractivity contribution >= 4 is 11.8 Å². The fourth-order valence-corrected chi connectivity index (χ4v) is 6.27. The van der Waals surface area contributed by atoms with Gasteiger partial charge >= 0.3 is 0 Å². The van der Waals surface area contributed by atoms with Crippen LogP contribution in [0.1, 0.15) is 83.6 Å². The first kappa shape index (κ1) is 24.3. The maximum Gasteiger partial charge on any atom is 0.246 e. The smallest absolute Gasteiger partial charge is 0.246 e. The molecule has 0 aromatic heterocycles. The summed E-state index contributed by atoms with van der Waals surface area (Å²) in [5, 5.41) is 3.15. The number of carbonyl (C=O) groups excluding carboxylic acids is 2. The molecule has 2 heterocycles. The molecule has 5 nitrogen and oxygen atoms in total. The van der Waals surface area contributed by atoms with Crippen LogP contribution in [0.2, 0.25) is 0 Å². The number of hydrogen-bond acceptors (Lipinski definition) is 3. The lowest BCUT2D eigenvalue weighted by atomic mass is 9.79. The van der Waals surface area contributed by atoms with E-state index in [1.807, 2.05) is 0 Å². The van der Waals surface area contributed by atoms with Gasteiger partial charge in [0.25, 0.3) is 0 Å². The summed E-state index contributed by atoms with van der Waals surface area (Å²) < 4.78 is 0. The van der Waals surface area contributed by atoms with E-state index in [4.69, 9.17) is 0 Å². The summed E-state index contributed by atoms with van der Waals surface area (Å²) in [4.78, 5) is 31.7. The monoisotopic (exact) mass is 453 g/mol. The van der Waals surface area contributed by atoms with Crippen molar-refractivity contribution in [2.24, 2.45) is 5.92 Å². The van der Waals surface area contributed by atoms with E-state index in [9.17, 15) is 9.59 Å². The van der Waals surface area contributed by atoms with E-state index in [-0.39, 0.29) is 23.9 Å². The molecule has 1 saturated carbocycles. The highest BCUT2D eigenvalue weighted by Crippen LogP contribution is 2.39. The van der Waals surface area contributed by atoms with E-state index in [0.29, 0.717) is 5.92 Å². The van der Waals surface area contributed by atoms with Gasteiger partial charge in [-0.3, -0.25) is 9.59 Å². The highest BCUT2D eigenvalue weighted by atomic mass is 16.2. The van der Waals surface area contributed by atoms with E-state index in [0.717, 1.165) is 58.2 Å². The van der Waals surface area contributed by atoms with Crippen molar-refractivity contribution in [2.45, 2.75) is 102 Å². The van der Waals surface area contributed by atoms with E-state index in [1.54, 1.807) is 0 Å². The van der Waals surface area contributed by atoms with Crippen LogP contribution in [0.25, 0.3) is 0 Å². The van der Waals surface area contributed by atoms with Gasteiger partial charge in [-0.25, -0.2) is 0 Å². The number of carbonyl (C=O) groups is 2. The summed E-state index contributed by atoms with van der Waals surface area (Å²) in [6, 6.07) is 10.6. The molecule has 4 rings (SSSR count). The second kappa shape index (κ2) is 11.0. The molecule has 0 unspecified atom stereocenters. The van der Waals surface area contributed by atoms with Crippen LogP contribution in [0.5, 0.6) is 0 Å². The SMILES string of the molecule is CC(C)C[C@@H]1NC(=O)C2(CCN(CCCCCc3ccccc3)CC2)N(C2CCCC2)C1=O. The van der Waals surface area contributed by atoms with E-state index in [2.05, 4.69) is 59.3 Å². The first-order valence-electron chi connectivity index (χ1n) is 13.4. The standard InChI is InChI=1S/C28H43N3O2/c1-22(2)21-25-26(32)31(24-14-8-9-15-24)28(27(33)29-25)16-19-30(20-17-28)18-10-4-7-13-23-11-5-3-6-12-23/h3,5-6,11-12,22,24-25H,4,7-10,13-21H2,1-2H3,(H,29,33)/t25-/m0/s1. The number of hydrogen-bond donors (Lipinski definition) is 1. The van der Waals surface area contributed by atoms with Gasteiger partial charge in [0, 0.05) is 19.1 Å². The molecule has 182 valence electrons. The molecule has 33 heavy (non-hydrogen) atoms. The van der Waals surface area contributed by atoms with Gasteiger partial charge in [0.05, 0.1) is 0 Å². The highest BCUT2D eigenvalue weighted by Gasteiger charge is 2.55. The Bertz CT molecular complexity index is 780. The predicted octanol–water partition coefficient (Wildman–Crippen LogP) is 4.55. The third-order valence-corrected chi connectivity index (χ3v) is 8.09. The predicted molar refractivity (Wildman–Crippen MR) is 133 cm³/mol. The Labute approximate surface area is 200 Å². The summed E-state index contributed by atoms with van der Waals surface area (Å²) in [6.07, 6.45) is 11.6. The van der Waals surface area contributed by atoms with Crippen molar-refractivity contribution < 1.29 is 9.59 Å². The lowest BCUT2D eigenvalue weighted by molar-refractivity contribution is -0.165. The van der Waals surface area contributed by atoms with Crippen molar-refractivity contribution in [3.63, 3.8) is 0 Å². The lowest BCUT2D eigenvalue weighted by Gasteiger charge is -2.54. The minimum atomic E-state index is -0.622. The Kier molecular flexibility index (Phi) is 8.11. The highest BCUT2D eigenvalue weighted by molar-refractivity contribution is 6.00. The van der Waals surface area contributed by atoms with Gasteiger partial charge in [0.15, 0.2) is 0 Å². The molecule has 1 aliphatic carbocycles. The molecular formula is C28H43N3O2. The maximum atomic E-state index is 13.6. The van der Waals surface area contributed by atoms with Gasteiger partial charge in [-0.15, -0.1) is 0 Å². The minimum absolute atomic E-state index is 0.113. The topological polar surface area (TPSA) is 52.7 Å². The minimum Gasteiger partial charge on any atom is -0.342 e. The average molecular weight is 454 g/mol. The fourth-order valence-electron chi connectivity index (χ4n) is 6.27. The van der Waals surface area contributed by atoms with E-state index < -0.39 is 5.54 Å². The van der Waals surface area contributed by atoms with E-state index >= 15 is 0 Å². The lowest BCUT2D eigenvalue weighted by Crippen LogP contribution is -2.74. The Balaban J connectivity index is 1.32. The van der Waals surface area contributed by atoms with Gasteiger partial charge < -0.3 is 15.1 Å². The molecule has 2 saturated heterocycles. The normalized spacial score (nSPS) is 24.1. The molecule has 3 aliphatic rings. The summed E-state index contributed by atoms with van der Waals surface area (Å²) in [7, 11) is 0. The summed E-state index contributed by atoms with van der Waals surface area (Å²) in [5.41, 5.74) is 0.803. The van der Waals surface area contributed by atoms with Gasteiger partial charge in [-0.05, 0) is 69.4 Å². The van der Waals surface area contributed by atoms with Crippen molar-refractivity contribution in [3.8, 4) is 0 Å². The van der Waals surface area contributed by atoms with Crippen LogP contribution >= 0.6 is 0 Å². The van der Waals surface area contributed by atoms with Crippen LogP contribution in [0.15, 0.2) is 30.3 Å². The van der Waals surface area contributed by atoms with Crippen LogP contribution in [0.3, 0.4) is 0 Å². The zero-order chi connectivity index (χ0) is 23.3. The van der Waals surface area contributed by atoms with E-state index in [1.165, 1.54) is 37.7 Å². The number of nitrogens with one attached hydrogen (secondary N) is 1. The molecule has 1 aromatic rings. The molecule has 1 N–H and O–H groups in total. The number of aryl methyl sites for hydroxylation is 1. The number of amides is 2. The van der Waals surface area contributed by atoms with Gasteiger partial charge in [0.1, 0.15) is 11.6 Å². The number of rotatable bonds is 9. The van der Waals surface area contributed by atoms with Gasteiger partial charge in [-0.2, -0.15) is 0 Å². The van der Waals surface area contributed by atoms with Crippen molar-refractivity contribution in [2.75, 3.05) is 19.6 Å². The molecule has 0 bridgehead atoms. The fraction of sp³-hybridized carbons (Fsp3) is 0.714. The molecule has 2 amide bonds. The first-order valence-corrected chi connectivity index (χ1v) is 13.4. The van der Waals surface area contributed by atoms with Crippen LogP contribution in [-0.4, -0.2) is 58.9 Å². The second-order valence-corrected chi connectivity index (χ2v) is 11.0. The third-order valence-electron chi connectivity index (χ3n) is 8.09. The first-order chi connectivity index (χ1) is 16.0. The Morgan fingerprint density at radius 1 is 1.00 bits per heavy atom. The second-order valence-electron chi connectivity index (χ2n) is 11.0. The van der Waals surface area contributed by atoms with Crippen LogP contribution in [0, 0.1) is 5.92 Å². The zero-order valence-electron chi connectivity index (χ0n) is 20.7. The number of piperidine rings is 1. The van der Waals surface area contributed by atoms with Crippen LogP contribution in [-0.2, 0) is 16.0 Å². The molecule has 1 spiro atoms. The quantitative estimate of drug-likeness (QED) is 0.558. The summed E-state index contributed by atoms with van der Waals surface area (Å²) >= 11 is 0.